The van der Waals surface area contributed by atoms with Crippen LogP contribution in [0.15, 0.2) is 206 Å². The zero-order valence-corrected chi connectivity index (χ0v) is 32.6. The fourth-order valence-corrected chi connectivity index (χ4v) is 9.02. The average molecular weight is 759 g/mol. The molecule has 0 fully saturated rings. The molecule has 280 valence electrons. The van der Waals surface area contributed by atoms with Gasteiger partial charge in [0.25, 0.3) is 6.71 Å². The molecule has 0 radical (unpaired) electrons. The van der Waals surface area contributed by atoms with Crippen molar-refractivity contribution >= 4 is 62.1 Å². The molecular weight excluding hydrogens is 719 g/mol. The van der Waals surface area contributed by atoms with Gasteiger partial charge < -0.3 is 14.4 Å². The van der Waals surface area contributed by atoms with Crippen molar-refractivity contribution in [3.8, 4) is 33.9 Å². The Kier molecular flexibility index (Phi) is 8.44. The number of hydrogen-bond donors (Lipinski definition) is 0. The maximum atomic E-state index is 5.50. The lowest BCUT2D eigenvalue weighted by atomic mass is 9.37. The molecule has 0 unspecified atom stereocenters. The topological polar surface area (TPSA) is 42.1 Å². The molecule has 6 nitrogen and oxygen atoms in total. The molecular formula is C52H39BN6. The van der Waals surface area contributed by atoms with E-state index in [1.54, 1.807) is 0 Å². The van der Waals surface area contributed by atoms with Gasteiger partial charge in [-0.2, -0.15) is 5.10 Å². The molecule has 0 saturated carbocycles. The van der Waals surface area contributed by atoms with Gasteiger partial charge in [-0.25, -0.2) is 4.68 Å². The van der Waals surface area contributed by atoms with Crippen molar-refractivity contribution in [2.45, 2.75) is 0 Å². The number of anilines is 3. The van der Waals surface area contributed by atoms with Gasteiger partial charge in [0.05, 0.1) is 46.2 Å². The van der Waals surface area contributed by atoms with Crippen LogP contribution >= 0.6 is 0 Å². The summed E-state index contributed by atoms with van der Waals surface area (Å²) in [5.41, 5.74) is 15.3. The maximum absolute atomic E-state index is 5.50. The Balaban J connectivity index is 1.16. The molecule has 0 spiro atoms. The lowest BCUT2D eigenvalue weighted by molar-refractivity contribution is 0.892. The van der Waals surface area contributed by atoms with Crippen molar-refractivity contribution in [2.24, 2.45) is 0 Å². The minimum Gasteiger partial charge on any atom is -0.355 e. The van der Waals surface area contributed by atoms with Gasteiger partial charge in [-0.3, -0.25) is 4.98 Å². The lowest BCUT2D eigenvalue weighted by Crippen LogP contribution is -2.54. The monoisotopic (exact) mass is 758 g/mol. The Morgan fingerprint density at radius 1 is 0.508 bits per heavy atom. The van der Waals surface area contributed by atoms with Crippen molar-refractivity contribution in [2.75, 3.05) is 23.5 Å². The minimum atomic E-state index is -0.265. The number of nitrogens with zero attached hydrogens (tertiary/aromatic N) is 6. The summed E-state index contributed by atoms with van der Waals surface area (Å²) >= 11 is 0. The molecule has 0 atom stereocenters. The molecule has 0 saturated heterocycles. The van der Waals surface area contributed by atoms with E-state index in [1.165, 1.54) is 22.1 Å². The van der Waals surface area contributed by atoms with Crippen LogP contribution in [-0.2, 0) is 0 Å². The number of pyridine rings is 1. The van der Waals surface area contributed by atoms with Gasteiger partial charge in [-0.1, -0.05) is 139 Å². The van der Waals surface area contributed by atoms with E-state index in [0.717, 1.165) is 73.8 Å². The Bertz CT molecular complexity index is 3110. The van der Waals surface area contributed by atoms with E-state index in [9.17, 15) is 0 Å². The molecule has 7 heteroatoms. The fourth-order valence-electron chi connectivity index (χ4n) is 9.02. The number of aromatic nitrogens is 4. The van der Waals surface area contributed by atoms with E-state index in [2.05, 4.69) is 220 Å². The smallest absolute Gasteiger partial charge is 0.270 e. The van der Waals surface area contributed by atoms with Gasteiger partial charge in [-0.15, -0.1) is 0 Å². The van der Waals surface area contributed by atoms with Crippen LogP contribution in [0.25, 0.3) is 55.7 Å². The maximum Gasteiger partial charge on any atom is 0.270 e. The lowest BCUT2D eigenvalue weighted by Gasteiger charge is -2.21. The average Bonchev–Trinajstić information content (AvgIpc) is 3.97. The first-order valence-electron chi connectivity index (χ1n) is 20.1. The summed E-state index contributed by atoms with van der Waals surface area (Å²) in [6.07, 6.45) is 1.90. The Morgan fingerprint density at radius 2 is 1.17 bits per heavy atom. The molecule has 4 heterocycles. The predicted molar refractivity (Wildman–Crippen MR) is 246 cm³/mol. The summed E-state index contributed by atoms with van der Waals surface area (Å²) in [7, 11) is 2.16. The van der Waals surface area contributed by atoms with Crippen molar-refractivity contribution in [3.63, 3.8) is 0 Å². The quantitative estimate of drug-likeness (QED) is 0.145. The summed E-state index contributed by atoms with van der Waals surface area (Å²) in [6, 6.07) is 71.3. The summed E-state index contributed by atoms with van der Waals surface area (Å²) in [5, 5.41) is 7.94. The van der Waals surface area contributed by atoms with Crippen molar-refractivity contribution in [1.82, 2.24) is 19.3 Å². The molecule has 11 rings (SSSR count). The number of rotatable bonds is 8. The van der Waals surface area contributed by atoms with Crippen LogP contribution in [0.4, 0.5) is 17.1 Å². The Morgan fingerprint density at radius 3 is 1.95 bits per heavy atom. The number of para-hydroxylation sites is 4. The summed E-state index contributed by atoms with van der Waals surface area (Å²) in [6.45, 7) is 0.524. The highest BCUT2D eigenvalue weighted by atomic mass is 15.4. The van der Waals surface area contributed by atoms with Gasteiger partial charge in [0.1, 0.15) is 0 Å². The van der Waals surface area contributed by atoms with E-state index < -0.39 is 0 Å². The largest absolute Gasteiger partial charge is 0.355 e. The zero-order chi connectivity index (χ0) is 39.3. The summed E-state index contributed by atoms with van der Waals surface area (Å²) < 4.78 is 4.55. The first-order valence-corrected chi connectivity index (χ1v) is 20.1. The molecule has 0 amide bonds. The van der Waals surface area contributed by atoms with Crippen LogP contribution in [0.2, 0.25) is 0 Å². The standard InChI is InChI=1S/C52H39BN6/c1-56-36-57(47-29-14-13-28-46(47)56)41-31-32-44-43-26-11-12-27-45(43)58(48(44)35-41)42-25-17-22-39(34-42)53(49-30-15-16-33-54-49)50-51(37-18-5-2-6-19-37)55-59(40-23-9-4-10-24-40)52(50)38-20-7-3-8-21-38/h2-35H,36H2,1H3. The van der Waals surface area contributed by atoms with Crippen molar-refractivity contribution in [1.29, 1.82) is 0 Å². The van der Waals surface area contributed by atoms with Crippen molar-refractivity contribution in [3.05, 3.63) is 206 Å². The van der Waals surface area contributed by atoms with E-state index in [4.69, 9.17) is 10.1 Å². The Labute approximate surface area is 344 Å². The van der Waals surface area contributed by atoms with Crippen molar-refractivity contribution < 1.29 is 0 Å². The van der Waals surface area contributed by atoms with E-state index in [1.807, 2.05) is 12.3 Å². The second-order valence-corrected chi connectivity index (χ2v) is 15.2. The summed E-state index contributed by atoms with van der Waals surface area (Å²) in [5.74, 6) is 0. The van der Waals surface area contributed by atoms with Gasteiger partial charge in [0.15, 0.2) is 0 Å². The van der Waals surface area contributed by atoms with Gasteiger partial charge in [0, 0.05) is 46.5 Å². The third-order valence-electron chi connectivity index (χ3n) is 11.7. The molecule has 10 aromatic rings. The van der Waals surface area contributed by atoms with Gasteiger partial charge in [-0.05, 0) is 77.8 Å². The SMILES string of the molecule is CN1CN(c2ccc3c4ccccc4n(-c4cccc(B(c5ccccn5)c5c(-c6ccccc6)nn(-c6ccccc6)c5-c5ccccc5)c4)c3c2)c2ccccc21. The third kappa shape index (κ3) is 5.90. The third-order valence-corrected chi connectivity index (χ3v) is 11.7. The minimum absolute atomic E-state index is 0.265. The highest BCUT2D eigenvalue weighted by Gasteiger charge is 2.34. The Hall–Kier alpha value is -7.64. The second kappa shape index (κ2) is 14.4. The molecule has 3 aromatic heterocycles. The van der Waals surface area contributed by atoms with E-state index >= 15 is 0 Å². The first-order chi connectivity index (χ1) is 29.2. The number of hydrogen-bond acceptors (Lipinski definition) is 4. The first kappa shape index (κ1) is 34.6. The second-order valence-electron chi connectivity index (χ2n) is 15.2. The number of benzene rings is 7. The van der Waals surface area contributed by atoms with Gasteiger partial charge in [0.2, 0.25) is 0 Å². The molecule has 59 heavy (non-hydrogen) atoms. The van der Waals surface area contributed by atoms with Crippen LogP contribution in [-0.4, -0.2) is 39.8 Å². The highest BCUT2D eigenvalue weighted by Crippen LogP contribution is 2.42. The fraction of sp³-hybridized carbons (Fsp3) is 0.0385. The normalized spacial score (nSPS) is 12.4. The van der Waals surface area contributed by atoms with Gasteiger partial charge >= 0.3 is 0 Å². The van der Waals surface area contributed by atoms with Crippen LogP contribution in [0.3, 0.4) is 0 Å². The summed E-state index contributed by atoms with van der Waals surface area (Å²) in [4.78, 5) is 9.82. The molecule has 7 aromatic carbocycles. The number of fused-ring (bicyclic) bond motifs is 4. The van der Waals surface area contributed by atoms with E-state index in [-0.39, 0.29) is 6.71 Å². The molecule has 0 bridgehead atoms. The molecule has 0 aliphatic carbocycles. The van der Waals surface area contributed by atoms with Crippen LogP contribution in [0.5, 0.6) is 0 Å². The van der Waals surface area contributed by atoms with Crippen LogP contribution in [0, 0.1) is 0 Å². The van der Waals surface area contributed by atoms with Crippen LogP contribution in [0.1, 0.15) is 0 Å². The highest BCUT2D eigenvalue weighted by molar-refractivity contribution is 6.96. The van der Waals surface area contributed by atoms with Crippen LogP contribution < -0.4 is 26.3 Å². The molecule has 0 N–H and O–H groups in total. The molecule has 1 aliphatic rings. The van der Waals surface area contributed by atoms with E-state index in [0.29, 0.717) is 0 Å². The molecule has 1 aliphatic heterocycles. The predicted octanol–water partition coefficient (Wildman–Crippen LogP) is 9.76. The zero-order valence-electron chi connectivity index (χ0n) is 32.6.